The van der Waals surface area contributed by atoms with Gasteiger partial charge in [-0.2, -0.15) is 0 Å². The molecule has 21 heavy (non-hydrogen) atoms. The van der Waals surface area contributed by atoms with Gasteiger partial charge in [-0.3, -0.25) is 25.1 Å². The van der Waals surface area contributed by atoms with E-state index in [2.05, 4.69) is 5.43 Å². The van der Waals surface area contributed by atoms with Gasteiger partial charge in [0.1, 0.15) is 5.56 Å². The summed E-state index contributed by atoms with van der Waals surface area (Å²) in [6.45, 7) is 0.688. The number of benzene rings is 1. The molecule has 0 aliphatic carbocycles. The third-order valence-corrected chi connectivity index (χ3v) is 3.55. The van der Waals surface area contributed by atoms with Crippen molar-refractivity contribution < 1.29 is 14.5 Å². The number of amides is 2. The third-order valence-electron chi connectivity index (χ3n) is 3.55. The van der Waals surface area contributed by atoms with Crippen molar-refractivity contribution in [3.8, 4) is 0 Å². The first kappa shape index (κ1) is 14.9. The van der Waals surface area contributed by atoms with E-state index in [1.807, 2.05) is 0 Å². The molecule has 1 atom stereocenters. The maximum atomic E-state index is 12.4. The molecule has 1 fully saturated rings. The van der Waals surface area contributed by atoms with Crippen molar-refractivity contribution in [3.05, 3.63) is 39.9 Å². The summed E-state index contributed by atoms with van der Waals surface area (Å²) in [7, 11) is 0. The number of nitrogens with two attached hydrogens (primary N) is 1. The van der Waals surface area contributed by atoms with Crippen LogP contribution in [0.1, 0.15) is 23.2 Å². The molecule has 0 spiro atoms. The Morgan fingerprint density at radius 2 is 2.10 bits per heavy atom. The highest BCUT2D eigenvalue weighted by Gasteiger charge is 2.31. The number of nitrogens with zero attached hydrogens (tertiary/aromatic N) is 2. The van der Waals surface area contributed by atoms with Crippen molar-refractivity contribution >= 4 is 17.5 Å². The second-order valence-electron chi connectivity index (χ2n) is 4.87. The van der Waals surface area contributed by atoms with Crippen LogP contribution in [0.2, 0.25) is 0 Å². The summed E-state index contributed by atoms with van der Waals surface area (Å²) >= 11 is 0. The van der Waals surface area contributed by atoms with Crippen LogP contribution in [0.5, 0.6) is 0 Å². The minimum atomic E-state index is -0.582. The van der Waals surface area contributed by atoms with Gasteiger partial charge >= 0.3 is 0 Å². The Balaban J connectivity index is 2.20. The first-order valence-corrected chi connectivity index (χ1v) is 6.57. The number of para-hydroxylation sites is 1. The molecule has 8 heteroatoms. The van der Waals surface area contributed by atoms with E-state index in [-0.39, 0.29) is 29.6 Å². The zero-order valence-corrected chi connectivity index (χ0v) is 11.3. The number of piperidine rings is 1. The van der Waals surface area contributed by atoms with Gasteiger partial charge < -0.3 is 4.90 Å². The topological polar surface area (TPSA) is 119 Å². The van der Waals surface area contributed by atoms with Crippen molar-refractivity contribution in [2.45, 2.75) is 12.8 Å². The highest BCUT2D eigenvalue weighted by atomic mass is 16.6. The van der Waals surface area contributed by atoms with E-state index < -0.39 is 10.8 Å². The predicted octanol–water partition coefficient (Wildman–Crippen LogP) is 0.437. The van der Waals surface area contributed by atoms with Gasteiger partial charge in [-0.25, -0.2) is 5.84 Å². The molecule has 3 N–H and O–H groups in total. The lowest BCUT2D eigenvalue weighted by atomic mass is 9.96. The fourth-order valence-corrected chi connectivity index (χ4v) is 2.48. The van der Waals surface area contributed by atoms with Gasteiger partial charge in [-0.1, -0.05) is 12.1 Å². The number of hydrogen-bond donors (Lipinski definition) is 2. The molecule has 0 radical (unpaired) electrons. The van der Waals surface area contributed by atoms with Crippen LogP contribution < -0.4 is 11.3 Å². The standard InChI is InChI=1S/C13H16N4O4/c14-15-12(18)9-4-3-7-16(8-9)13(19)10-5-1-2-6-11(10)17(20)21/h1-2,5-6,9H,3-4,7-8,14H2,(H,15,18). The Hall–Kier alpha value is -2.48. The predicted molar refractivity (Wildman–Crippen MR) is 74.1 cm³/mol. The lowest BCUT2D eigenvalue weighted by molar-refractivity contribution is -0.385. The van der Waals surface area contributed by atoms with Crippen LogP contribution in [0.3, 0.4) is 0 Å². The maximum absolute atomic E-state index is 12.4. The van der Waals surface area contributed by atoms with Gasteiger partial charge in [0, 0.05) is 19.2 Å². The number of nitro benzene ring substituents is 1. The smallest absolute Gasteiger partial charge is 0.282 e. The quantitative estimate of drug-likeness (QED) is 0.362. The van der Waals surface area contributed by atoms with E-state index in [1.165, 1.54) is 23.1 Å². The van der Waals surface area contributed by atoms with E-state index in [9.17, 15) is 19.7 Å². The molecule has 1 saturated heterocycles. The summed E-state index contributed by atoms with van der Waals surface area (Å²) in [6.07, 6.45) is 1.30. The average Bonchev–Trinajstić information content (AvgIpc) is 2.53. The zero-order chi connectivity index (χ0) is 15.4. The number of carbonyl (C=O) groups is 2. The molecule has 0 saturated carbocycles. The monoisotopic (exact) mass is 292 g/mol. The molecule has 1 aromatic rings. The molecule has 2 rings (SSSR count). The molecule has 1 aliphatic rings. The number of likely N-dealkylation sites (tertiary alicyclic amines) is 1. The largest absolute Gasteiger partial charge is 0.338 e. The van der Waals surface area contributed by atoms with Gasteiger partial charge in [0.25, 0.3) is 11.6 Å². The summed E-state index contributed by atoms with van der Waals surface area (Å²) < 4.78 is 0. The van der Waals surface area contributed by atoms with Crippen molar-refractivity contribution in [2.24, 2.45) is 11.8 Å². The van der Waals surface area contributed by atoms with Crippen molar-refractivity contribution in [1.82, 2.24) is 10.3 Å². The van der Waals surface area contributed by atoms with Gasteiger partial charge in [0.15, 0.2) is 0 Å². The Bertz CT molecular complexity index is 575. The van der Waals surface area contributed by atoms with Crippen LogP contribution in [0.4, 0.5) is 5.69 Å². The van der Waals surface area contributed by atoms with Crippen LogP contribution >= 0.6 is 0 Å². The molecule has 2 amide bonds. The number of nitro groups is 1. The first-order valence-electron chi connectivity index (χ1n) is 6.57. The van der Waals surface area contributed by atoms with Gasteiger partial charge in [-0.15, -0.1) is 0 Å². The van der Waals surface area contributed by atoms with Gasteiger partial charge in [0.2, 0.25) is 5.91 Å². The molecular formula is C13H16N4O4. The molecule has 8 nitrogen and oxygen atoms in total. The summed E-state index contributed by atoms with van der Waals surface area (Å²) in [5.41, 5.74) is 1.89. The van der Waals surface area contributed by atoms with Crippen LogP contribution in [-0.2, 0) is 4.79 Å². The lowest BCUT2D eigenvalue weighted by Gasteiger charge is -2.31. The highest BCUT2D eigenvalue weighted by Crippen LogP contribution is 2.23. The van der Waals surface area contributed by atoms with E-state index in [4.69, 9.17) is 5.84 Å². The average molecular weight is 292 g/mol. The number of nitrogens with one attached hydrogen (secondary N) is 1. The van der Waals surface area contributed by atoms with Crippen molar-refractivity contribution in [1.29, 1.82) is 0 Å². The Morgan fingerprint density at radius 1 is 1.38 bits per heavy atom. The number of rotatable bonds is 3. The summed E-state index contributed by atoms with van der Waals surface area (Å²) in [5.74, 6) is 3.97. The number of hydrogen-bond acceptors (Lipinski definition) is 5. The molecule has 1 heterocycles. The molecule has 112 valence electrons. The SMILES string of the molecule is NNC(=O)C1CCCN(C(=O)c2ccccc2[N+](=O)[O-])C1. The first-order chi connectivity index (χ1) is 10.0. The minimum Gasteiger partial charge on any atom is -0.338 e. The van der Waals surface area contributed by atoms with Crippen LogP contribution in [-0.4, -0.2) is 34.7 Å². The van der Waals surface area contributed by atoms with Gasteiger partial charge in [0.05, 0.1) is 10.8 Å². The number of carbonyl (C=O) groups excluding carboxylic acids is 2. The normalized spacial score (nSPS) is 18.1. The highest BCUT2D eigenvalue weighted by molar-refractivity contribution is 5.98. The Kier molecular flexibility index (Phi) is 4.49. The second-order valence-corrected chi connectivity index (χ2v) is 4.87. The molecule has 1 unspecified atom stereocenters. The molecule has 1 aliphatic heterocycles. The van der Waals surface area contributed by atoms with E-state index in [0.29, 0.717) is 19.4 Å². The maximum Gasteiger partial charge on any atom is 0.282 e. The molecule has 0 aromatic heterocycles. The fourth-order valence-electron chi connectivity index (χ4n) is 2.48. The summed E-state index contributed by atoms with van der Waals surface area (Å²) in [6, 6.07) is 5.80. The van der Waals surface area contributed by atoms with Crippen LogP contribution in [0.25, 0.3) is 0 Å². The number of hydrazine groups is 1. The van der Waals surface area contributed by atoms with E-state index >= 15 is 0 Å². The molecule has 0 bridgehead atoms. The van der Waals surface area contributed by atoms with Crippen molar-refractivity contribution in [3.63, 3.8) is 0 Å². The summed E-state index contributed by atoms with van der Waals surface area (Å²) in [4.78, 5) is 35.9. The van der Waals surface area contributed by atoms with E-state index in [1.54, 1.807) is 6.07 Å². The Morgan fingerprint density at radius 3 is 2.76 bits per heavy atom. The van der Waals surface area contributed by atoms with Crippen LogP contribution in [0, 0.1) is 16.0 Å². The molecule has 1 aromatic carbocycles. The summed E-state index contributed by atoms with van der Waals surface area (Å²) in [5, 5.41) is 11.0. The lowest BCUT2D eigenvalue weighted by Crippen LogP contribution is -2.47. The minimum absolute atomic E-state index is 0.0382. The van der Waals surface area contributed by atoms with E-state index in [0.717, 1.165) is 0 Å². The van der Waals surface area contributed by atoms with Crippen LogP contribution in [0.15, 0.2) is 24.3 Å². The van der Waals surface area contributed by atoms with Crippen molar-refractivity contribution in [2.75, 3.05) is 13.1 Å². The second kappa shape index (κ2) is 6.31. The van der Waals surface area contributed by atoms with Gasteiger partial charge in [-0.05, 0) is 18.9 Å². The zero-order valence-electron chi connectivity index (χ0n) is 11.3. The third kappa shape index (κ3) is 3.16. The Labute approximate surface area is 121 Å². The molecular weight excluding hydrogens is 276 g/mol. The fraction of sp³-hybridized carbons (Fsp3) is 0.385.